The highest BCUT2D eigenvalue weighted by Crippen LogP contribution is 2.24. The predicted molar refractivity (Wildman–Crippen MR) is 80.5 cm³/mol. The molecule has 0 saturated heterocycles. The van der Waals surface area contributed by atoms with Crippen LogP contribution in [0.3, 0.4) is 0 Å². The van der Waals surface area contributed by atoms with Gasteiger partial charge in [0.05, 0.1) is 5.69 Å². The normalized spacial score (nSPS) is 11.4. The van der Waals surface area contributed by atoms with Crippen LogP contribution in [0.5, 0.6) is 0 Å². The maximum atomic E-state index is 4.70. The zero-order chi connectivity index (χ0) is 14.0. The molecule has 100 valence electrons. The third-order valence-electron chi connectivity index (χ3n) is 3.05. The van der Waals surface area contributed by atoms with Gasteiger partial charge in [-0.15, -0.1) is 0 Å². The monoisotopic (exact) mass is 255 g/mol. The first-order chi connectivity index (χ1) is 8.90. The zero-order valence-corrected chi connectivity index (χ0v) is 12.3. The summed E-state index contributed by atoms with van der Waals surface area (Å²) in [7, 11) is 1.91. The molecule has 0 spiro atoms. The van der Waals surface area contributed by atoms with Gasteiger partial charge in [0.2, 0.25) is 0 Å². The van der Waals surface area contributed by atoms with Crippen molar-refractivity contribution >= 4 is 5.69 Å². The average Bonchev–Trinajstić information content (AvgIpc) is 2.37. The van der Waals surface area contributed by atoms with Crippen LogP contribution in [-0.2, 0) is 5.41 Å². The Bertz CT molecular complexity index is 566. The van der Waals surface area contributed by atoms with Gasteiger partial charge in [-0.05, 0) is 37.3 Å². The quantitative estimate of drug-likeness (QED) is 0.887. The van der Waals surface area contributed by atoms with E-state index in [9.17, 15) is 0 Å². The first kappa shape index (κ1) is 13.5. The highest BCUT2D eigenvalue weighted by Gasteiger charge is 2.17. The van der Waals surface area contributed by atoms with Gasteiger partial charge in [0, 0.05) is 29.4 Å². The lowest BCUT2D eigenvalue weighted by Gasteiger charge is -2.19. The summed E-state index contributed by atoms with van der Waals surface area (Å²) in [5.41, 5.74) is 4.26. The number of benzene rings is 1. The summed E-state index contributed by atoms with van der Waals surface area (Å²) >= 11 is 0. The lowest BCUT2D eigenvalue weighted by atomic mass is 9.91. The second-order valence-electron chi connectivity index (χ2n) is 5.80. The van der Waals surface area contributed by atoms with Crippen LogP contribution >= 0.6 is 0 Å². The molecule has 0 bridgehead atoms. The number of aromatic nitrogens is 2. The molecule has 0 aliphatic rings. The SMILES string of the molecule is CNc1ccc(-c2nc(C)cc(C(C)(C)C)n2)cc1. The summed E-state index contributed by atoms with van der Waals surface area (Å²) in [6, 6.07) is 10.2. The van der Waals surface area contributed by atoms with E-state index in [0.717, 1.165) is 28.5 Å². The van der Waals surface area contributed by atoms with Crippen molar-refractivity contribution < 1.29 is 0 Å². The molecule has 1 N–H and O–H groups in total. The first-order valence-corrected chi connectivity index (χ1v) is 6.54. The van der Waals surface area contributed by atoms with Crippen LogP contribution in [0.2, 0.25) is 0 Å². The first-order valence-electron chi connectivity index (χ1n) is 6.54. The van der Waals surface area contributed by atoms with Gasteiger partial charge < -0.3 is 5.32 Å². The van der Waals surface area contributed by atoms with Crippen molar-refractivity contribution in [3.05, 3.63) is 41.7 Å². The molecular formula is C16H21N3. The Morgan fingerprint density at radius 2 is 1.63 bits per heavy atom. The third kappa shape index (κ3) is 3.11. The molecule has 0 fully saturated rings. The molecule has 0 atom stereocenters. The van der Waals surface area contributed by atoms with E-state index in [-0.39, 0.29) is 5.41 Å². The molecule has 0 radical (unpaired) electrons. The van der Waals surface area contributed by atoms with Crippen molar-refractivity contribution in [1.82, 2.24) is 9.97 Å². The molecule has 2 aromatic rings. The summed E-state index contributed by atoms with van der Waals surface area (Å²) in [4.78, 5) is 9.24. The molecule has 0 amide bonds. The highest BCUT2D eigenvalue weighted by atomic mass is 14.9. The van der Waals surface area contributed by atoms with E-state index in [0.29, 0.717) is 0 Å². The number of hydrogen-bond acceptors (Lipinski definition) is 3. The number of aryl methyl sites for hydroxylation is 1. The van der Waals surface area contributed by atoms with E-state index >= 15 is 0 Å². The Morgan fingerprint density at radius 1 is 1.00 bits per heavy atom. The van der Waals surface area contributed by atoms with Gasteiger partial charge in [-0.3, -0.25) is 0 Å². The van der Waals surface area contributed by atoms with Crippen LogP contribution in [0.15, 0.2) is 30.3 Å². The summed E-state index contributed by atoms with van der Waals surface area (Å²) in [5, 5.41) is 3.11. The standard InChI is InChI=1S/C16H21N3/c1-11-10-14(16(2,3)4)19-15(18-11)12-6-8-13(17-5)9-7-12/h6-10,17H,1-5H3. The summed E-state index contributed by atoms with van der Waals surface area (Å²) < 4.78 is 0. The molecule has 2 rings (SSSR count). The smallest absolute Gasteiger partial charge is 0.159 e. The van der Waals surface area contributed by atoms with Gasteiger partial charge in [0.15, 0.2) is 5.82 Å². The van der Waals surface area contributed by atoms with E-state index in [1.807, 2.05) is 38.2 Å². The third-order valence-corrected chi connectivity index (χ3v) is 3.05. The van der Waals surface area contributed by atoms with Crippen molar-refractivity contribution in [2.24, 2.45) is 0 Å². The molecule has 3 nitrogen and oxygen atoms in total. The van der Waals surface area contributed by atoms with E-state index in [2.05, 4.69) is 37.1 Å². The van der Waals surface area contributed by atoms with E-state index in [1.165, 1.54) is 0 Å². The lowest BCUT2D eigenvalue weighted by molar-refractivity contribution is 0.567. The minimum atomic E-state index is 0.0351. The van der Waals surface area contributed by atoms with Gasteiger partial charge in [0.25, 0.3) is 0 Å². The molecular weight excluding hydrogens is 234 g/mol. The van der Waals surface area contributed by atoms with Gasteiger partial charge in [-0.25, -0.2) is 9.97 Å². The molecule has 0 unspecified atom stereocenters. The van der Waals surface area contributed by atoms with Crippen LogP contribution in [0.25, 0.3) is 11.4 Å². The number of hydrogen-bond donors (Lipinski definition) is 1. The number of rotatable bonds is 2. The molecule has 0 aliphatic heterocycles. The second kappa shape index (κ2) is 5.00. The summed E-state index contributed by atoms with van der Waals surface area (Å²) in [6.07, 6.45) is 0. The van der Waals surface area contributed by atoms with E-state index < -0.39 is 0 Å². The van der Waals surface area contributed by atoms with Crippen molar-refractivity contribution in [2.75, 3.05) is 12.4 Å². The predicted octanol–water partition coefficient (Wildman–Crippen LogP) is 3.79. The maximum absolute atomic E-state index is 4.70. The Hall–Kier alpha value is -1.90. The summed E-state index contributed by atoms with van der Waals surface area (Å²) in [6.45, 7) is 8.52. The molecule has 3 heteroatoms. The number of anilines is 1. The molecule has 19 heavy (non-hydrogen) atoms. The fourth-order valence-electron chi connectivity index (χ4n) is 1.87. The van der Waals surface area contributed by atoms with Gasteiger partial charge in [-0.1, -0.05) is 20.8 Å². The highest BCUT2D eigenvalue weighted by molar-refractivity contribution is 5.60. The summed E-state index contributed by atoms with van der Waals surface area (Å²) in [5.74, 6) is 0.799. The average molecular weight is 255 g/mol. The van der Waals surface area contributed by atoms with Crippen LogP contribution in [0, 0.1) is 6.92 Å². The van der Waals surface area contributed by atoms with Crippen molar-refractivity contribution in [3.63, 3.8) is 0 Å². The minimum Gasteiger partial charge on any atom is -0.388 e. The molecule has 0 saturated carbocycles. The van der Waals surface area contributed by atoms with Crippen molar-refractivity contribution in [3.8, 4) is 11.4 Å². The van der Waals surface area contributed by atoms with E-state index in [1.54, 1.807) is 0 Å². The van der Waals surface area contributed by atoms with Crippen LogP contribution in [0.4, 0.5) is 5.69 Å². The Balaban J connectivity index is 2.46. The topological polar surface area (TPSA) is 37.8 Å². The lowest BCUT2D eigenvalue weighted by Crippen LogP contribution is -2.15. The van der Waals surface area contributed by atoms with Crippen LogP contribution in [0.1, 0.15) is 32.2 Å². The number of nitrogens with zero attached hydrogens (tertiary/aromatic N) is 2. The number of nitrogens with one attached hydrogen (secondary N) is 1. The van der Waals surface area contributed by atoms with Gasteiger partial charge in [-0.2, -0.15) is 0 Å². The van der Waals surface area contributed by atoms with Crippen LogP contribution < -0.4 is 5.32 Å². The Kier molecular flexibility index (Phi) is 3.56. The molecule has 0 aliphatic carbocycles. The Labute approximate surface area is 115 Å². The van der Waals surface area contributed by atoms with Gasteiger partial charge >= 0.3 is 0 Å². The Morgan fingerprint density at radius 3 is 2.16 bits per heavy atom. The second-order valence-corrected chi connectivity index (χ2v) is 5.80. The molecule has 1 heterocycles. The van der Waals surface area contributed by atoms with E-state index in [4.69, 9.17) is 4.98 Å². The fraction of sp³-hybridized carbons (Fsp3) is 0.375. The molecule has 1 aromatic carbocycles. The molecule has 1 aromatic heterocycles. The van der Waals surface area contributed by atoms with Crippen molar-refractivity contribution in [2.45, 2.75) is 33.1 Å². The zero-order valence-electron chi connectivity index (χ0n) is 12.3. The largest absolute Gasteiger partial charge is 0.388 e. The van der Waals surface area contributed by atoms with Gasteiger partial charge in [0.1, 0.15) is 0 Å². The maximum Gasteiger partial charge on any atom is 0.159 e. The fourth-order valence-corrected chi connectivity index (χ4v) is 1.87. The van der Waals surface area contributed by atoms with Crippen molar-refractivity contribution in [1.29, 1.82) is 0 Å². The van der Waals surface area contributed by atoms with Crippen LogP contribution in [-0.4, -0.2) is 17.0 Å². The minimum absolute atomic E-state index is 0.0351.